The quantitative estimate of drug-likeness (QED) is 0.325. The fourth-order valence-corrected chi connectivity index (χ4v) is 5.55. The van der Waals surface area contributed by atoms with Gasteiger partial charge < -0.3 is 19.4 Å². The molecular weight excluding hydrogens is 509 g/mol. The summed E-state index contributed by atoms with van der Waals surface area (Å²) in [4.78, 5) is 40.4. The van der Waals surface area contributed by atoms with Crippen LogP contribution in [0.4, 0.5) is 5.82 Å². The molecule has 0 aliphatic carbocycles. The number of nitrogens with zero attached hydrogens (tertiary/aromatic N) is 5. The third kappa shape index (κ3) is 6.58. The van der Waals surface area contributed by atoms with E-state index < -0.39 is 0 Å². The van der Waals surface area contributed by atoms with E-state index in [1.165, 1.54) is 11.8 Å². The van der Waals surface area contributed by atoms with Gasteiger partial charge in [-0.1, -0.05) is 35.0 Å². The van der Waals surface area contributed by atoms with Crippen molar-refractivity contribution in [2.24, 2.45) is 0 Å². The number of benzene rings is 1. The standard InChI is InChI=1S/C24H29Cl2N5O3S/c1-15-11-29(8-9-31(15)23(33)18-4-6-19(25)7-5-18)21-10-20(26)27-24(28-21)35-14-22(32)30-12-16(2)34-17(3)13-30/h4-7,10,15-17H,8-9,11-14H2,1-3H3. The number of piperazine rings is 1. The number of carbonyl (C=O) groups is 2. The first-order chi connectivity index (χ1) is 16.7. The lowest BCUT2D eigenvalue weighted by molar-refractivity contribution is -0.140. The average Bonchev–Trinajstić information content (AvgIpc) is 2.81. The molecule has 11 heteroatoms. The summed E-state index contributed by atoms with van der Waals surface area (Å²) in [5.74, 6) is 0.944. The van der Waals surface area contributed by atoms with Gasteiger partial charge in [-0.05, 0) is 45.0 Å². The predicted molar refractivity (Wildman–Crippen MR) is 139 cm³/mol. The minimum atomic E-state index is -0.0244. The van der Waals surface area contributed by atoms with E-state index in [-0.39, 0.29) is 35.8 Å². The van der Waals surface area contributed by atoms with E-state index in [4.69, 9.17) is 27.9 Å². The molecule has 0 saturated carbocycles. The molecule has 3 heterocycles. The summed E-state index contributed by atoms with van der Waals surface area (Å²) in [5, 5.41) is 1.39. The van der Waals surface area contributed by atoms with Gasteiger partial charge in [-0.2, -0.15) is 0 Å². The van der Waals surface area contributed by atoms with Crippen LogP contribution >= 0.6 is 35.0 Å². The molecule has 0 radical (unpaired) electrons. The van der Waals surface area contributed by atoms with Crippen molar-refractivity contribution in [1.29, 1.82) is 0 Å². The van der Waals surface area contributed by atoms with Crippen molar-refractivity contribution in [2.45, 2.75) is 44.2 Å². The highest BCUT2D eigenvalue weighted by atomic mass is 35.5. The molecule has 3 unspecified atom stereocenters. The summed E-state index contributed by atoms with van der Waals surface area (Å²) >= 11 is 13.5. The highest BCUT2D eigenvalue weighted by Crippen LogP contribution is 2.25. The fraction of sp³-hybridized carbons (Fsp3) is 0.500. The number of anilines is 1. The number of hydrogen-bond donors (Lipinski definition) is 0. The van der Waals surface area contributed by atoms with E-state index in [9.17, 15) is 9.59 Å². The van der Waals surface area contributed by atoms with E-state index in [1.807, 2.05) is 30.6 Å². The predicted octanol–water partition coefficient (Wildman–Crippen LogP) is 3.86. The van der Waals surface area contributed by atoms with Gasteiger partial charge in [-0.15, -0.1) is 0 Å². The molecular formula is C24H29Cl2N5O3S. The number of thioether (sulfide) groups is 1. The Bertz CT molecular complexity index is 1060. The Kier molecular flexibility index (Phi) is 8.42. The molecule has 8 nitrogen and oxygen atoms in total. The molecule has 2 aliphatic rings. The zero-order chi connectivity index (χ0) is 25.1. The maximum absolute atomic E-state index is 13.0. The third-order valence-electron chi connectivity index (χ3n) is 6.06. The van der Waals surface area contributed by atoms with Gasteiger partial charge in [0.15, 0.2) is 5.16 Å². The highest BCUT2D eigenvalue weighted by Gasteiger charge is 2.30. The van der Waals surface area contributed by atoms with Crippen LogP contribution in [0.15, 0.2) is 35.5 Å². The Balaban J connectivity index is 1.37. The first kappa shape index (κ1) is 26.0. The largest absolute Gasteiger partial charge is 0.372 e. The molecule has 1 aromatic carbocycles. The summed E-state index contributed by atoms with van der Waals surface area (Å²) in [6.45, 7) is 8.91. The molecule has 0 spiro atoms. The smallest absolute Gasteiger partial charge is 0.254 e. The number of amides is 2. The molecule has 2 amide bonds. The molecule has 2 aromatic rings. The van der Waals surface area contributed by atoms with Crippen LogP contribution in [0.2, 0.25) is 10.2 Å². The van der Waals surface area contributed by atoms with Crippen molar-refractivity contribution in [3.05, 3.63) is 46.1 Å². The minimum absolute atomic E-state index is 0.0176. The Hall–Kier alpha value is -2.07. The van der Waals surface area contributed by atoms with Crippen molar-refractivity contribution in [1.82, 2.24) is 19.8 Å². The van der Waals surface area contributed by atoms with Crippen LogP contribution in [0, 0.1) is 0 Å². The van der Waals surface area contributed by atoms with Crippen molar-refractivity contribution in [3.63, 3.8) is 0 Å². The van der Waals surface area contributed by atoms with Crippen molar-refractivity contribution in [2.75, 3.05) is 43.4 Å². The van der Waals surface area contributed by atoms with Crippen LogP contribution in [0.1, 0.15) is 31.1 Å². The van der Waals surface area contributed by atoms with E-state index in [1.54, 1.807) is 30.3 Å². The zero-order valence-corrected chi connectivity index (χ0v) is 22.3. The number of aromatic nitrogens is 2. The maximum atomic E-state index is 13.0. The molecule has 2 fully saturated rings. The van der Waals surface area contributed by atoms with Gasteiger partial charge in [-0.25, -0.2) is 9.97 Å². The highest BCUT2D eigenvalue weighted by molar-refractivity contribution is 7.99. The van der Waals surface area contributed by atoms with E-state index in [0.29, 0.717) is 59.4 Å². The number of ether oxygens (including phenoxy) is 1. The van der Waals surface area contributed by atoms with Gasteiger partial charge in [-0.3, -0.25) is 9.59 Å². The van der Waals surface area contributed by atoms with Crippen LogP contribution in [0.25, 0.3) is 0 Å². The van der Waals surface area contributed by atoms with E-state index in [0.717, 1.165) is 0 Å². The Morgan fingerprint density at radius 2 is 1.71 bits per heavy atom. The van der Waals surface area contributed by atoms with Crippen molar-refractivity contribution < 1.29 is 14.3 Å². The summed E-state index contributed by atoms with van der Waals surface area (Å²) in [7, 11) is 0. The fourth-order valence-electron chi connectivity index (χ4n) is 4.44. The Morgan fingerprint density at radius 3 is 2.37 bits per heavy atom. The first-order valence-corrected chi connectivity index (χ1v) is 13.4. The zero-order valence-electron chi connectivity index (χ0n) is 20.0. The van der Waals surface area contributed by atoms with E-state index in [2.05, 4.69) is 14.9 Å². The van der Waals surface area contributed by atoms with Crippen LogP contribution in [0.3, 0.4) is 0 Å². The van der Waals surface area contributed by atoms with Crippen LogP contribution in [-0.4, -0.2) is 88.3 Å². The summed E-state index contributed by atoms with van der Waals surface area (Å²) < 4.78 is 5.71. The average molecular weight is 539 g/mol. The SMILES string of the molecule is CC1CN(C(=O)CSc2nc(Cl)cc(N3CCN(C(=O)c4ccc(Cl)cc4)C(C)C3)n2)CC(C)O1. The first-order valence-electron chi connectivity index (χ1n) is 11.6. The Morgan fingerprint density at radius 1 is 1.03 bits per heavy atom. The second kappa shape index (κ2) is 11.3. The third-order valence-corrected chi connectivity index (χ3v) is 7.34. The summed E-state index contributed by atoms with van der Waals surface area (Å²) in [5.41, 5.74) is 0.618. The molecule has 2 aliphatic heterocycles. The topological polar surface area (TPSA) is 78.9 Å². The van der Waals surface area contributed by atoms with Gasteiger partial charge in [0.05, 0.1) is 18.0 Å². The summed E-state index contributed by atoms with van der Waals surface area (Å²) in [6, 6.07) is 8.64. The lowest BCUT2D eigenvalue weighted by Crippen LogP contribution is -2.54. The maximum Gasteiger partial charge on any atom is 0.254 e. The molecule has 1 aromatic heterocycles. The lowest BCUT2D eigenvalue weighted by Gasteiger charge is -2.40. The molecule has 0 bridgehead atoms. The molecule has 2 saturated heterocycles. The Labute approximate surface area is 219 Å². The molecule has 35 heavy (non-hydrogen) atoms. The molecule has 188 valence electrons. The molecule has 0 N–H and O–H groups in total. The van der Waals surface area contributed by atoms with Crippen molar-refractivity contribution >= 4 is 52.6 Å². The van der Waals surface area contributed by atoms with Gasteiger partial charge in [0, 0.05) is 55.4 Å². The number of morpholine rings is 1. The second-order valence-electron chi connectivity index (χ2n) is 8.98. The van der Waals surface area contributed by atoms with Gasteiger partial charge >= 0.3 is 0 Å². The number of carbonyl (C=O) groups excluding carboxylic acids is 2. The summed E-state index contributed by atoms with van der Waals surface area (Å²) in [6.07, 6.45) is 0.0444. The molecule has 4 rings (SSSR count). The van der Waals surface area contributed by atoms with Crippen molar-refractivity contribution in [3.8, 4) is 0 Å². The van der Waals surface area contributed by atoms with Crippen LogP contribution < -0.4 is 4.90 Å². The van der Waals surface area contributed by atoms with E-state index >= 15 is 0 Å². The van der Waals surface area contributed by atoms with Gasteiger partial charge in [0.2, 0.25) is 5.91 Å². The molecule has 3 atom stereocenters. The monoisotopic (exact) mass is 537 g/mol. The lowest BCUT2D eigenvalue weighted by atomic mass is 10.1. The number of rotatable bonds is 5. The number of halogens is 2. The van der Waals surface area contributed by atoms with Gasteiger partial charge in [0.1, 0.15) is 11.0 Å². The number of hydrogen-bond acceptors (Lipinski definition) is 7. The van der Waals surface area contributed by atoms with Crippen LogP contribution in [0.5, 0.6) is 0 Å². The van der Waals surface area contributed by atoms with Crippen LogP contribution in [-0.2, 0) is 9.53 Å². The minimum Gasteiger partial charge on any atom is -0.372 e. The normalized spacial score (nSPS) is 22.9. The van der Waals surface area contributed by atoms with Gasteiger partial charge in [0.25, 0.3) is 5.91 Å². The second-order valence-corrected chi connectivity index (χ2v) is 10.7.